The SMILES string of the molecule is Cc1c(O)n(C2CCN3CCCC23)c(=O)[nH]c1=O. The normalized spacial score (nSPS) is 27.6. The molecule has 2 N–H and O–H groups in total. The molecule has 2 aliphatic rings. The van der Waals surface area contributed by atoms with Crippen LogP contribution in [-0.2, 0) is 0 Å². The van der Waals surface area contributed by atoms with Gasteiger partial charge in [-0.2, -0.15) is 0 Å². The van der Waals surface area contributed by atoms with E-state index in [2.05, 4.69) is 9.88 Å². The second-order valence-corrected chi connectivity index (χ2v) is 5.18. The molecule has 0 spiro atoms. The van der Waals surface area contributed by atoms with Crippen LogP contribution in [-0.4, -0.2) is 38.7 Å². The molecule has 0 amide bonds. The predicted octanol–water partition coefficient (Wildman–Crippen LogP) is -0.0402. The molecule has 6 nitrogen and oxygen atoms in total. The van der Waals surface area contributed by atoms with Crippen molar-refractivity contribution in [3.8, 4) is 5.88 Å². The van der Waals surface area contributed by atoms with E-state index in [4.69, 9.17) is 0 Å². The topological polar surface area (TPSA) is 78.3 Å². The van der Waals surface area contributed by atoms with E-state index in [0.29, 0.717) is 6.04 Å². The maximum atomic E-state index is 11.9. The van der Waals surface area contributed by atoms with Gasteiger partial charge in [0.2, 0.25) is 5.88 Å². The van der Waals surface area contributed by atoms with Crippen LogP contribution in [0.3, 0.4) is 0 Å². The molecule has 6 heteroatoms. The second kappa shape index (κ2) is 3.98. The van der Waals surface area contributed by atoms with E-state index in [9.17, 15) is 14.7 Å². The third kappa shape index (κ3) is 1.52. The molecule has 3 heterocycles. The van der Waals surface area contributed by atoms with E-state index >= 15 is 0 Å². The Bertz CT molecular complexity index is 589. The second-order valence-electron chi connectivity index (χ2n) is 5.18. The minimum atomic E-state index is -0.505. The van der Waals surface area contributed by atoms with Gasteiger partial charge in [0, 0.05) is 12.6 Å². The summed E-state index contributed by atoms with van der Waals surface area (Å²) in [4.78, 5) is 28.0. The first kappa shape index (κ1) is 11.5. The highest BCUT2D eigenvalue weighted by molar-refractivity contribution is 5.22. The van der Waals surface area contributed by atoms with Gasteiger partial charge in [0.25, 0.3) is 5.56 Å². The van der Waals surface area contributed by atoms with Crippen molar-refractivity contribution in [2.45, 2.75) is 38.3 Å². The lowest BCUT2D eigenvalue weighted by Crippen LogP contribution is -2.37. The highest BCUT2D eigenvalue weighted by atomic mass is 16.3. The van der Waals surface area contributed by atoms with Crippen LogP contribution in [0.1, 0.15) is 30.9 Å². The number of H-pyrrole nitrogens is 1. The van der Waals surface area contributed by atoms with E-state index in [1.54, 1.807) is 0 Å². The van der Waals surface area contributed by atoms with Gasteiger partial charge in [-0.3, -0.25) is 19.2 Å². The molecular formula is C12H17N3O3. The fourth-order valence-corrected chi connectivity index (χ4v) is 3.29. The van der Waals surface area contributed by atoms with Gasteiger partial charge in [0.15, 0.2) is 0 Å². The molecule has 98 valence electrons. The summed E-state index contributed by atoms with van der Waals surface area (Å²) in [5.41, 5.74) is -0.789. The summed E-state index contributed by atoms with van der Waals surface area (Å²) < 4.78 is 1.37. The zero-order valence-corrected chi connectivity index (χ0v) is 10.3. The Morgan fingerprint density at radius 3 is 2.78 bits per heavy atom. The van der Waals surface area contributed by atoms with Crippen molar-refractivity contribution in [3.05, 3.63) is 26.4 Å². The maximum Gasteiger partial charge on any atom is 0.331 e. The molecule has 1 aromatic rings. The molecule has 0 radical (unpaired) electrons. The van der Waals surface area contributed by atoms with Crippen LogP contribution < -0.4 is 11.2 Å². The van der Waals surface area contributed by atoms with Crippen LogP contribution >= 0.6 is 0 Å². The molecule has 0 aliphatic carbocycles. The van der Waals surface area contributed by atoms with Crippen molar-refractivity contribution in [1.82, 2.24) is 14.5 Å². The molecule has 18 heavy (non-hydrogen) atoms. The first-order valence-corrected chi connectivity index (χ1v) is 6.38. The molecule has 2 fully saturated rings. The summed E-state index contributed by atoms with van der Waals surface area (Å²) in [5.74, 6) is -0.178. The smallest absolute Gasteiger partial charge is 0.331 e. The van der Waals surface area contributed by atoms with Crippen LogP contribution in [0.5, 0.6) is 5.88 Å². The minimum absolute atomic E-state index is 0.0180. The van der Waals surface area contributed by atoms with E-state index in [-0.39, 0.29) is 17.5 Å². The van der Waals surface area contributed by atoms with Crippen LogP contribution in [0.25, 0.3) is 0 Å². The molecule has 3 rings (SSSR count). The average molecular weight is 251 g/mol. The number of aromatic nitrogens is 2. The van der Waals surface area contributed by atoms with Gasteiger partial charge in [-0.05, 0) is 32.7 Å². The lowest BCUT2D eigenvalue weighted by atomic mass is 10.1. The van der Waals surface area contributed by atoms with Crippen molar-refractivity contribution in [3.63, 3.8) is 0 Å². The molecule has 2 unspecified atom stereocenters. The van der Waals surface area contributed by atoms with Gasteiger partial charge >= 0.3 is 5.69 Å². The Balaban J connectivity index is 2.10. The van der Waals surface area contributed by atoms with Crippen molar-refractivity contribution in [2.24, 2.45) is 0 Å². The van der Waals surface area contributed by atoms with E-state index in [0.717, 1.165) is 32.4 Å². The van der Waals surface area contributed by atoms with Crippen LogP contribution in [0.4, 0.5) is 0 Å². The number of hydrogen-bond donors (Lipinski definition) is 2. The summed E-state index contributed by atoms with van der Waals surface area (Å²) in [6.07, 6.45) is 3.04. The van der Waals surface area contributed by atoms with Crippen LogP contribution in [0.2, 0.25) is 0 Å². The number of aromatic hydroxyl groups is 1. The standard InChI is InChI=1S/C12H17N3O3/c1-7-10(16)13-12(18)15(11(7)17)9-4-6-14-5-2-3-8(9)14/h8-9,17H,2-6H2,1H3,(H,13,16,18). The van der Waals surface area contributed by atoms with Gasteiger partial charge in [-0.1, -0.05) is 0 Å². The van der Waals surface area contributed by atoms with E-state index < -0.39 is 11.2 Å². The summed E-state index contributed by atoms with van der Waals surface area (Å²) in [7, 11) is 0. The molecule has 2 atom stereocenters. The molecule has 2 saturated heterocycles. The number of fused-ring (bicyclic) bond motifs is 1. The Morgan fingerprint density at radius 1 is 1.22 bits per heavy atom. The molecule has 0 saturated carbocycles. The minimum Gasteiger partial charge on any atom is -0.494 e. The van der Waals surface area contributed by atoms with E-state index in [1.807, 2.05) is 0 Å². The van der Waals surface area contributed by atoms with Gasteiger partial charge in [-0.15, -0.1) is 0 Å². The highest BCUT2D eigenvalue weighted by Crippen LogP contribution is 2.36. The quantitative estimate of drug-likeness (QED) is 0.734. The van der Waals surface area contributed by atoms with Crippen LogP contribution in [0.15, 0.2) is 9.59 Å². The number of rotatable bonds is 1. The Kier molecular flexibility index (Phi) is 2.55. The number of nitrogens with one attached hydrogen (secondary N) is 1. The van der Waals surface area contributed by atoms with Gasteiger partial charge in [0.05, 0.1) is 11.6 Å². The number of nitrogens with zero attached hydrogens (tertiary/aromatic N) is 2. The largest absolute Gasteiger partial charge is 0.494 e. The fourth-order valence-electron chi connectivity index (χ4n) is 3.29. The summed E-state index contributed by atoms with van der Waals surface area (Å²) in [6.45, 7) is 3.56. The summed E-state index contributed by atoms with van der Waals surface area (Å²) in [6, 6.07) is 0.300. The zero-order valence-electron chi connectivity index (χ0n) is 10.3. The van der Waals surface area contributed by atoms with Gasteiger partial charge in [-0.25, -0.2) is 4.79 Å². The lowest BCUT2D eigenvalue weighted by Gasteiger charge is -2.23. The van der Waals surface area contributed by atoms with E-state index in [1.165, 1.54) is 11.5 Å². The predicted molar refractivity (Wildman–Crippen MR) is 66.0 cm³/mol. The lowest BCUT2D eigenvalue weighted by molar-refractivity contribution is 0.270. The molecule has 1 aromatic heterocycles. The fraction of sp³-hybridized carbons (Fsp3) is 0.667. The van der Waals surface area contributed by atoms with Crippen molar-refractivity contribution in [1.29, 1.82) is 0 Å². The van der Waals surface area contributed by atoms with Gasteiger partial charge < -0.3 is 5.11 Å². The Hall–Kier alpha value is -1.56. The summed E-state index contributed by atoms with van der Waals surface area (Å²) in [5, 5.41) is 10.1. The van der Waals surface area contributed by atoms with Crippen molar-refractivity contribution in [2.75, 3.05) is 13.1 Å². The van der Waals surface area contributed by atoms with Crippen molar-refractivity contribution >= 4 is 0 Å². The van der Waals surface area contributed by atoms with Gasteiger partial charge in [0.1, 0.15) is 0 Å². The zero-order chi connectivity index (χ0) is 12.9. The average Bonchev–Trinajstić information content (AvgIpc) is 2.90. The van der Waals surface area contributed by atoms with Crippen molar-refractivity contribution < 1.29 is 5.11 Å². The third-order valence-corrected chi connectivity index (χ3v) is 4.25. The first-order valence-electron chi connectivity index (χ1n) is 6.38. The third-order valence-electron chi connectivity index (χ3n) is 4.25. The maximum absolute atomic E-state index is 11.9. The summed E-state index contributed by atoms with van der Waals surface area (Å²) >= 11 is 0. The Morgan fingerprint density at radius 2 is 2.00 bits per heavy atom. The highest BCUT2D eigenvalue weighted by Gasteiger charge is 2.39. The monoisotopic (exact) mass is 251 g/mol. The Labute approximate surface area is 104 Å². The van der Waals surface area contributed by atoms with Crippen LogP contribution in [0, 0.1) is 6.92 Å². The molecule has 2 aliphatic heterocycles. The molecule has 0 bridgehead atoms. The number of aromatic amines is 1. The number of hydrogen-bond acceptors (Lipinski definition) is 4. The molecular weight excluding hydrogens is 234 g/mol. The molecule has 0 aromatic carbocycles. The first-order chi connectivity index (χ1) is 8.59.